The number of piperidine rings is 1. The zero-order chi connectivity index (χ0) is 23.6. The fourth-order valence-electron chi connectivity index (χ4n) is 3.65. The number of aromatic nitrogens is 1. The number of halogens is 1. The maximum absolute atomic E-state index is 12.8. The molecule has 1 aliphatic heterocycles. The molecule has 1 fully saturated rings. The molecule has 0 saturated carbocycles. The molecule has 2 aromatic heterocycles. The van der Waals surface area contributed by atoms with E-state index in [-0.39, 0.29) is 18.6 Å². The molecule has 1 saturated heterocycles. The van der Waals surface area contributed by atoms with Gasteiger partial charge in [0.15, 0.2) is 0 Å². The molecule has 1 amide bonds. The van der Waals surface area contributed by atoms with E-state index >= 15 is 0 Å². The number of pyridine rings is 1. The number of aliphatic hydroxyl groups is 2. The number of carbonyl (C=O) groups is 1. The van der Waals surface area contributed by atoms with E-state index in [1.54, 1.807) is 42.3 Å². The third kappa shape index (κ3) is 5.92. The molecule has 0 spiro atoms. The Balaban J connectivity index is 1.50. The van der Waals surface area contributed by atoms with Crippen LogP contribution in [0.4, 0.5) is 0 Å². The van der Waals surface area contributed by atoms with Crippen LogP contribution in [0.25, 0.3) is 21.6 Å². The Hall–Kier alpha value is -2.45. The van der Waals surface area contributed by atoms with E-state index in [9.17, 15) is 15.0 Å². The Labute approximate surface area is 202 Å². The van der Waals surface area contributed by atoms with Gasteiger partial charge in [0.05, 0.1) is 16.7 Å². The van der Waals surface area contributed by atoms with Gasteiger partial charge < -0.3 is 19.8 Å². The van der Waals surface area contributed by atoms with Gasteiger partial charge in [0, 0.05) is 41.4 Å². The summed E-state index contributed by atoms with van der Waals surface area (Å²) >= 11 is 8.15. The van der Waals surface area contributed by atoms with Crippen LogP contribution in [0.15, 0.2) is 48.0 Å². The van der Waals surface area contributed by atoms with Crippen molar-refractivity contribution in [2.24, 2.45) is 0 Å². The minimum absolute atomic E-state index is 0.0578. The van der Waals surface area contributed by atoms with E-state index in [4.69, 9.17) is 16.3 Å². The van der Waals surface area contributed by atoms with E-state index in [1.807, 2.05) is 29.6 Å². The van der Waals surface area contributed by atoms with Crippen molar-refractivity contribution in [1.29, 1.82) is 0 Å². The van der Waals surface area contributed by atoms with Crippen LogP contribution in [0.1, 0.15) is 37.0 Å². The summed E-state index contributed by atoms with van der Waals surface area (Å²) in [5.41, 5.74) is 2.44. The van der Waals surface area contributed by atoms with Crippen LogP contribution in [0.3, 0.4) is 0 Å². The first-order chi connectivity index (χ1) is 15.7. The summed E-state index contributed by atoms with van der Waals surface area (Å²) in [4.78, 5) is 19.8. The maximum Gasteiger partial charge on any atom is 0.253 e. The monoisotopic (exact) mass is 486 g/mol. The summed E-state index contributed by atoms with van der Waals surface area (Å²) in [5.74, 6) is 0.395. The van der Waals surface area contributed by atoms with Gasteiger partial charge in [0.25, 0.3) is 5.91 Å². The molecule has 4 rings (SSSR count). The Morgan fingerprint density at radius 1 is 1.21 bits per heavy atom. The Morgan fingerprint density at radius 3 is 2.67 bits per heavy atom. The van der Waals surface area contributed by atoms with Gasteiger partial charge >= 0.3 is 0 Å². The molecule has 0 unspecified atom stereocenters. The average molecular weight is 487 g/mol. The molecule has 8 heteroatoms. The zero-order valence-corrected chi connectivity index (χ0v) is 20.2. The van der Waals surface area contributed by atoms with E-state index in [0.29, 0.717) is 42.4 Å². The van der Waals surface area contributed by atoms with Gasteiger partial charge in [-0.1, -0.05) is 17.7 Å². The number of likely N-dealkylation sites (tertiary alicyclic amines) is 1. The Bertz CT molecular complexity index is 1130. The normalized spacial score (nSPS) is 15.0. The largest absolute Gasteiger partial charge is 0.475 e. The van der Waals surface area contributed by atoms with Crippen molar-refractivity contribution >= 4 is 28.8 Å². The number of thiophene rings is 1. The lowest BCUT2D eigenvalue weighted by molar-refractivity contribution is 0.0268. The number of benzene rings is 1. The van der Waals surface area contributed by atoms with E-state index < -0.39 is 5.60 Å². The highest BCUT2D eigenvalue weighted by atomic mass is 35.5. The molecule has 2 N–H and O–H groups in total. The molecule has 3 heterocycles. The molecule has 0 bridgehead atoms. The highest BCUT2D eigenvalue weighted by Gasteiger charge is 2.23. The van der Waals surface area contributed by atoms with Gasteiger partial charge in [-0.05, 0) is 67.5 Å². The molecular formula is C25H27ClN2O4S. The molecule has 1 aliphatic rings. The van der Waals surface area contributed by atoms with Crippen molar-refractivity contribution in [2.75, 3.05) is 19.7 Å². The van der Waals surface area contributed by atoms with Crippen molar-refractivity contribution in [2.45, 2.75) is 38.4 Å². The highest BCUT2D eigenvalue weighted by Crippen LogP contribution is 2.37. The molecule has 3 aromatic rings. The Kier molecular flexibility index (Phi) is 7.05. The summed E-state index contributed by atoms with van der Waals surface area (Å²) in [5, 5.41) is 22.1. The maximum atomic E-state index is 12.8. The summed E-state index contributed by atoms with van der Waals surface area (Å²) < 4.78 is 5.61. The summed E-state index contributed by atoms with van der Waals surface area (Å²) in [6.07, 6.45) is 2.57. The molecule has 174 valence electrons. The standard InChI is InChI=1S/C25H27ClN2O4S/c1-25(2,31)15-32-23-13-16(5-8-27-23)18-12-22(33-14-18)20-4-3-17(11-21(20)26)24(30)28-9-6-19(29)7-10-28/h3-5,8,11-14,19,29,31H,6-7,9-10,15H2,1-2H3. The van der Waals surface area contributed by atoms with Crippen LogP contribution < -0.4 is 4.74 Å². The van der Waals surface area contributed by atoms with Crippen LogP contribution in [-0.4, -0.2) is 57.4 Å². The van der Waals surface area contributed by atoms with Crippen LogP contribution >= 0.6 is 22.9 Å². The van der Waals surface area contributed by atoms with E-state index in [1.165, 1.54) is 0 Å². The summed E-state index contributed by atoms with van der Waals surface area (Å²) in [7, 11) is 0. The second-order valence-corrected chi connectivity index (χ2v) is 10.2. The number of carbonyl (C=O) groups excluding carboxylic acids is 1. The predicted octanol–water partition coefficient (Wildman–Crippen LogP) is 4.88. The molecule has 0 radical (unpaired) electrons. The molecule has 33 heavy (non-hydrogen) atoms. The lowest BCUT2D eigenvalue weighted by Crippen LogP contribution is -2.40. The van der Waals surface area contributed by atoms with Crippen LogP contribution in [0, 0.1) is 0 Å². The number of rotatable bonds is 6. The van der Waals surface area contributed by atoms with Crippen molar-refractivity contribution < 1.29 is 19.7 Å². The quantitative estimate of drug-likeness (QED) is 0.519. The summed E-state index contributed by atoms with van der Waals surface area (Å²) in [6.45, 7) is 4.63. The molecular weight excluding hydrogens is 460 g/mol. The van der Waals surface area contributed by atoms with Gasteiger partial charge in [-0.3, -0.25) is 4.79 Å². The SMILES string of the molecule is CC(C)(O)COc1cc(-c2csc(-c3ccc(C(=O)N4CCC(O)CC4)cc3Cl)c2)ccn1. The number of hydrogen-bond donors (Lipinski definition) is 2. The van der Waals surface area contributed by atoms with Gasteiger partial charge in [-0.25, -0.2) is 4.98 Å². The zero-order valence-electron chi connectivity index (χ0n) is 18.6. The van der Waals surface area contributed by atoms with Crippen molar-refractivity contribution in [3.8, 4) is 27.4 Å². The molecule has 1 aromatic carbocycles. The third-order valence-electron chi connectivity index (χ3n) is 5.47. The number of aliphatic hydroxyl groups excluding tert-OH is 1. The van der Waals surface area contributed by atoms with Crippen LogP contribution in [0.2, 0.25) is 5.02 Å². The van der Waals surface area contributed by atoms with Crippen LogP contribution in [-0.2, 0) is 0 Å². The van der Waals surface area contributed by atoms with Crippen molar-refractivity contribution in [1.82, 2.24) is 9.88 Å². The van der Waals surface area contributed by atoms with E-state index in [0.717, 1.165) is 21.6 Å². The topological polar surface area (TPSA) is 82.9 Å². The first-order valence-corrected chi connectivity index (χ1v) is 12.1. The van der Waals surface area contributed by atoms with E-state index in [2.05, 4.69) is 11.1 Å². The second-order valence-electron chi connectivity index (χ2n) is 8.90. The average Bonchev–Trinajstić information content (AvgIpc) is 3.27. The second kappa shape index (κ2) is 9.81. The van der Waals surface area contributed by atoms with Gasteiger partial charge in [0.1, 0.15) is 6.61 Å². The molecule has 0 atom stereocenters. The lowest BCUT2D eigenvalue weighted by Gasteiger charge is -2.29. The van der Waals surface area contributed by atoms with Crippen LogP contribution in [0.5, 0.6) is 5.88 Å². The number of nitrogens with zero attached hydrogens (tertiary/aromatic N) is 2. The lowest BCUT2D eigenvalue weighted by atomic mass is 10.0. The number of amides is 1. The van der Waals surface area contributed by atoms with Gasteiger partial charge in [-0.15, -0.1) is 11.3 Å². The minimum Gasteiger partial charge on any atom is -0.475 e. The first kappa shape index (κ1) is 23.7. The Morgan fingerprint density at radius 2 is 1.97 bits per heavy atom. The minimum atomic E-state index is -0.938. The fourth-order valence-corrected chi connectivity index (χ4v) is 4.94. The third-order valence-corrected chi connectivity index (χ3v) is 6.75. The number of ether oxygens (including phenoxy) is 1. The first-order valence-electron chi connectivity index (χ1n) is 10.9. The molecule has 0 aliphatic carbocycles. The predicted molar refractivity (Wildman–Crippen MR) is 131 cm³/mol. The fraction of sp³-hybridized carbons (Fsp3) is 0.360. The highest BCUT2D eigenvalue weighted by molar-refractivity contribution is 7.14. The van der Waals surface area contributed by atoms with Crippen molar-refractivity contribution in [3.63, 3.8) is 0 Å². The summed E-state index contributed by atoms with van der Waals surface area (Å²) in [6, 6.07) is 11.2. The molecule has 6 nitrogen and oxygen atoms in total. The van der Waals surface area contributed by atoms with Gasteiger partial charge in [-0.2, -0.15) is 0 Å². The van der Waals surface area contributed by atoms with Crippen molar-refractivity contribution in [3.05, 3.63) is 58.6 Å². The smallest absolute Gasteiger partial charge is 0.253 e. The number of hydrogen-bond acceptors (Lipinski definition) is 6. The van der Waals surface area contributed by atoms with Gasteiger partial charge in [0.2, 0.25) is 5.88 Å².